The van der Waals surface area contributed by atoms with Crippen LogP contribution in [-0.2, 0) is 0 Å². The molecule has 3 N–H and O–H groups in total. The third kappa shape index (κ3) is 2.25. The zero-order valence-corrected chi connectivity index (χ0v) is 10.2. The van der Waals surface area contributed by atoms with E-state index in [2.05, 4.69) is 18.7 Å². The molecule has 2 atom stereocenters. The minimum atomic E-state index is -0.348. The molecule has 2 rings (SSSR count). The average molecular weight is 235 g/mol. The first-order chi connectivity index (χ1) is 7.99. The van der Waals surface area contributed by atoms with Crippen LogP contribution in [0.2, 0.25) is 0 Å². The standard InChI is InChI=1S/C13H18FN3/c1-8-6-17(7-9(8)2)12-4-3-10(14)5-11(12)13(15)16/h3-5,8-9H,6-7H2,1-2H3,(H3,15,16). The molecule has 0 spiro atoms. The van der Waals surface area contributed by atoms with Crippen LogP contribution in [0.4, 0.5) is 10.1 Å². The van der Waals surface area contributed by atoms with E-state index in [1.165, 1.54) is 12.1 Å². The van der Waals surface area contributed by atoms with Crippen molar-refractivity contribution in [2.75, 3.05) is 18.0 Å². The van der Waals surface area contributed by atoms with Crippen LogP contribution < -0.4 is 10.6 Å². The Balaban J connectivity index is 2.36. The molecule has 0 aromatic heterocycles. The van der Waals surface area contributed by atoms with E-state index in [9.17, 15) is 4.39 Å². The largest absolute Gasteiger partial charge is 0.384 e. The molecule has 92 valence electrons. The lowest BCUT2D eigenvalue weighted by Crippen LogP contribution is -2.24. The summed E-state index contributed by atoms with van der Waals surface area (Å²) < 4.78 is 13.2. The van der Waals surface area contributed by atoms with Crippen molar-refractivity contribution >= 4 is 11.5 Å². The number of amidine groups is 1. The van der Waals surface area contributed by atoms with Crippen LogP contribution >= 0.6 is 0 Å². The Bertz CT molecular complexity index is 434. The van der Waals surface area contributed by atoms with E-state index < -0.39 is 0 Å². The molecule has 2 unspecified atom stereocenters. The minimum absolute atomic E-state index is 0.0771. The number of anilines is 1. The van der Waals surface area contributed by atoms with Crippen molar-refractivity contribution in [3.8, 4) is 0 Å². The van der Waals surface area contributed by atoms with Gasteiger partial charge >= 0.3 is 0 Å². The molecule has 1 heterocycles. The first kappa shape index (κ1) is 11.9. The van der Waals surface area contributed by atoms with Crippen molar-refractivity contribution < 1.29 is 4.39 Å². The molecule has 1 aromatic carbocycles. The highest BCUT2D eigenvalue weighted by atomic mass is 19.1. The van der Waals surface area contributed by atoms with E-state index >= 15 is 0 Å². The van der Waals surface area contributed by atoms with Gasteiger partial charge in [0.05, 0.1) is 0 Å². The van der Waals surface area contributed by atoms with Gasteiger partial charge < -0.3 is 10.6 Å². The maximum Gasteiger partial charge on any atom is 0.125 e. The lowest BCUT2D eigenvalue weighted by atomic mass is 10.0. The maximum atomic E-state index is 13.2. The van der Waals surface area contributed by atoms with Gasteiger partial charge in [0.25, 0.3) is 0 Å². The topological polar surface area (TPSA) is 53.1 Å². The molecule has 1 aromatic rings. The lowest BCUT2D eigenvalue weighted by molar-refractivity contribution is 0.494. The SMILES string of the molecule is CC1CN(c2ccc(F)cc2C(=N)N)CC1C. The number of hydrogen-bond donors (Lipinski definition) is 2. The minimum Gasteiger partial charge on any atom is -0.384 e. The normalized spacial score (nSPS) is 24.1. The van der Waals surface area contributed by atoms with Crippen LogP contribution in [0.1, 0.15) is 19.4 Å². The second kappa shape index (κ2) is 4.35. The zero-order valence-electron chi connectivity index (χ0n) is 10.2. The Morgan fingerprint density at radius 2 is 1.94 bits per heavy atom. The summed E-state index contributed by atoms with van der Waals surface area (Å²) in [7, 11) is 0. The monoisotopic (exact) mass is 235 g/mol. The molecule has 17 heavy (non-hydrogen) atoms. The second-order valence-electron chi connectivity index (χ2n) is 4.93. The third-order valence-electron chi connectivity index (χ3n) is 3.58. The second-order valence-corrected chi connectivity index (χ2v) is 4.93. The van der Waals surface area contributed by atoms with Crippen molar-refractivity contribution in [2.24, 2.45) is 17.6 Å². The first-order valence-corrected chi connectivity index (χ1v) is 5.88. The molecular formula is C13H18FN3. The third-order valence-corrected chi connectivity index (χ3v) is 3.58. The van der Waals surface area contributed by atoms with Crippen LogP contribution in [-0.4, -0.2) is 18.9 Å². The van der Waals surface area contributed by atoms with Crippen LogP contribution in [0.3, 0.4) is 0 Å². The highest BCUT2D eigenvalue weighted by Gasteiger charge is 2.27. The van der Waals surface area contributed by atoms with Gasteiger partial charge in [-0.2, -0.15) is 0 Å². The van der Waals surface area contributed by atoms with Crippen LogP contribution in [0.5, 0.6) is 0 Å². The van der Waals surface area contributed by atoms with E-state index in [1.54, 1.807) is 6.07 Å². The number of hydrogen-bond acceptors (Lipinski definition) is 2. The fourth-order valence-corrected chi connectivity index (χ4v) is 2.33. The first-order valence-electron chi connectivity index (χ1n) is 5.88. The van der Waals surface area contributed by atoms with E-state index in [0.29, 0.717) is 17.4 Å². The summed E-state index contributed by atoms with van der Waals surface area (Å²) in [6.45, 7) is 6.30. The van der Waals surface area contributed by atoms with Crippen LogP contribution in [0, 0.1) is 23.1 Å². The molecule has 4 heteroatoms. The van der Waals surface area contributed by atoms with E-state index in [-0.39, 0.29) is 11.7 Å². The Kier molecular flexibility index (Phi) is 3.05. The molecule has 1 aliphatic heterocycles. The molecule has 0 aliphatic carbocycles. The van der Waals surface area contributed by atoms with Gasteiger partial charge in [0.1, 0.15) is 11.7 Å². The van der Waals surface area contributed by atoms with Gasteiger partial charge in [0, 0.05) is 24.3 Å². The number of nitrogen functional groups attached to an aromatic ring is 1. The molecule has 0 bridgehead atoms. The van der Waals surface area contributed by atoms with Crippen LogP contribution in [0.25, 0.3) is 0 Å². The van der Waals surface area contributed by atoms with Gasteiger partial charge in [-0.05, 0) is 30.0 Å². The predicted molar refractivity (Wildman–Crippen MR) is 68.0 cm³/mol. The summed E-state index contributed by atoms with van der Waals surface area (Å²) in [5.74, 6) is 0.797. The Labute approximate surface area is 101 Å². The predicted octanol–water partition coefficient (Wildman–Crippen LogP) is 2.20. The van der Waals surface area contributed by atoms with Crippen molar-refractivity contribution in [3.63, 3.8) is 0 Å². The van der Waals surface area contributed by atoms with Crippen molar-refractivity contribution in [1.82, 2.24) is 0 Å². The molecule has 0 radical (unpaired) electrons. The fraction of sp³-hybridized carbons (Fsp3) is 0.462. The number of nitrogens with two attached hydrogens (primary N) is 1. The van der Waals surface area contributed by atoms with Gasteiger partial charge in [-0.1, -0.05) is 13.8 Å². The van der Waals surface area contributed by atoms with Crippen molar-refractivity contribution in [1.29, 1.82) is 5.41 Å². The van der Waals surface area contributed by atoms with Crippen molar-refractivity contribution in [3.05, 3.63) is 29.6 Å². The molecule has 1 aliphatic rings. The number of benzene rings is 1. The number of rotatable bonds is 2. The fourth-order valence-electron chi connectivity index (χ4n) is 2.33. The molecule has 3 nitrogen and oxygen atoms in total. The Hall–Kier alpha value is -1.58. The average Bonchev–Trinajstić information content (AvgIpc) is 2.59. The molecule has 1 fully saturated rings. The van der Waals surface area contributed by atoms with E-state index in [0.717, 1.165) is 18.8 Å². The highest BCUT2D eigenvalue weighted by molar-refractivity contribution is 6.00. The number of nitrogens with zero attached hydrogens (tertiary/aromatic N) is 1. The zero-order chi connectivity index (χ0) is 12.6. The summed E-state index contributed by atoms with van der Waals surface area (Å²) in [6, 6.07) is 4.48. The van der Waals surface area contributed by atoms with Gasteiger partial charge in [-0.15, -0.1) is 0 Å². The van der Waals surface area contributed by atoms with Gasteiger partial charge in [-0.25, -0.2) is 4.39 Å². The highest BCUT2D eigenvalue weighted by Crippen LogP contribution is 2.30. The lowest BCUT2D eigenvalue weighted by Gasteiger charge is -2.21. The van der Waals surface area contributed by atoms with E-state index in [1.807, 2.05) is 0 Å². The van der Waals surface area contributed by atoms with E-state index in [4.69, 9.17) is 11.1 Å². The van der Waals surface area contributed by atoms with Gasteiger partial charge in [-0.3, -0.25) is 5.41 Å². The molecule has 0 saturated carbocycles. The van der Waals surface area contributed by atoms with Crippen LogP contribution in [0.15, 0.2) is 18.2 Å². The van der Waals surface area contributed by atoms with Gasteiger partial charge in [0.2, 0.25) is 0 Å². The number of nitrogens with one attached hydrogen (secondary N) is 1. The number of halogens is 1. The summed E-state index contributed by atoms with van der Waals surface area (Å²) in [5, 5.41) is 7.52. The Morgan fingerprint density at radius 1 is 1.35 bits per heavy atom. The summed E-state index contributed by atoms with van der Waals surface area (Å²) >= 11 is 0. The summed E-state index contributed by atoms with van der Waals surface area (Å²) in [6.07, 6.45) is 0. The summed E-state index contributed by atoms with van der Waals surface area (Å²) in [5.41, 5.74) is 6.87. The molecule has 1 saturated heterocycles. The Morgan fingerprint density at radius 3 is 2.47 bits per heavy atom. The molecular weight excluding hydrogens is 217 g/mol. The van der Waals surface area contributed by atoms with Gasteiger partial charge in [0.15, 0.2) is 0 Å². The quantitative estimate of drug-likeness (QED) is 0.610. The smallest absolute Gasteiger partial charge is 0.125 e. The van der Waals surface area contributed by atoms with Crippen molar-refractivity contribution in [2.45, 2.75) is 13.8 Å². The summed E-state index contributed by atoms with van der Waals surface area (Å²) in [4.78, 5) is 2.19. The maximum absolute atomic E-state index is 13.2. The molecule has 0 amide bonds.